The Morgan fingerprint density at radius 3 is 2.35 bits per heavy atom. The Hall–Kier alpha value is -2.90. The van der Waals surface area contributed by atoms with Gasteiger partial charge in [-0.05, 0) is 49.6 Å². The van der Waals surface area contributed by atoms with Gasteiger partial charge in [0.05, 0.1) is 16.9 Å². The van der Waals surface area contributed by atoms with Crippen LogP contribution in [0.4, 0.5) is 28.9 Å². The van der Waals surface area contributed by atoms with Crippen LogP contribution in [0.1, 0.15) is 37.0 Å². The summed E-state index contributed by atoms with van der Waals surface area (Å²) in [4.78, 5) is 27.9. The van der Waals surface area contributed by atoms with Crippen molar-refractivity contribution in [3.05, 3.63) is 58.9 Å². The van der Waals surface area contributed by atoms with Gasteiger partial charge in [0.1, 0.15) is 5.82 Å². The number of aryl methyl sites for hydroxylation is 2. The van der Waals surface area contributed by atoms with E-state index in [2.05, 4.69) is 5.32 Å². The maximum Gasteiger partial charge on any atom is 0.416 e. The van der Waals surface area contributed by atoms with Crippen molar-refractivity contribution in [1.29, 1.82) is 0 Å². The van der Waals surface area contributed by atoms with Gasteiger partial charge in [0.2, 0.25) is 11.8 Å². The molecule has 1 aliphatic rings. The second-order valence-electron chi connectivity index (χ2n) is 8.08. The van der Waals surface area contributed by atoms with Gasteiger partial charge in [-0.3, -0.25) is 9.59 Å². The van der Waals surface area contributed by atoms with Gasteiger partial charge in [-0.25, -0.2) is 4.39 Å². The number of halogens is 4. The van der Waals surface area contributed by atoms with Gasteiger partial charge in [0.25, 0.3) is 0 Å². The molecule has 1 N–H and O–H groups in total. The van der Waals surface area contributed by atoms with E-state index in [0.717, 1.165) is 22.9 Å². The van der Waals surface area contributed by atoms with Crippen LogP contribution in [-0.2, 0) is 15.8 Å². The zero-order chi connectivity index (χ0) is 23.1. The Labute approximate surface area is 178 Å². The van der Waals surface area contributed by atoms with Crippen molar-refractivity contribution in [3.63, 3.8) is 0 Å². The summed E-state index contributed by atoms with van der Waals surface area (Å²) in [6, 6.07) is 7.52. The van der Waals surface area contributed by atoms with E-state index in [1.54, 1.807) is 18.7 Å². The summed E-state index contributed by atoms with van der Waals surface area (Å²) >= 11 is 0. The summed E-state index contributed by atoms with van der Waals surface area (Å²) in [7, 11) is 0. The molecule has 2 aromatic rings. The molecule has 2 atom stereocenters. The van der Waals surface area contributed by atoms with Crippen LogP contribution < -0.4 is 10.2 Å². The molecule has 4 nitrogen and oxygen atoms in total. The highest BCUT2D eigenvalue weighted by Crippen LogP contribution is 2.44. The van der Waals surface area contributed by atoms with E-state index in [9.17, 15) is 27.2 Å². The van der Waals surface area contributed by atoms with Gasteiger partial charge in [-0.1, -0.05) is 32.0 Å². The smallest absolute Gasteiger partial charge is 0.325 e. The monoisotopic (exact) mass is 436 g/mol. The molecular formula is C23H24F4N2O2. The highest BCUT2D eigenvalue weighted by Gasteiger charge is 2.54. The number of carbonyl (C=O) groups is 2. The minimum absolute atomic E-state index is 0.0858. The first-order chi connectivity index (χ1) is 14.4. The topological polar surface area (TPSA) is 49.4 Å². The van der Waals surface area contributed by atoms with Crippen molar-refractivity contribution in [2.24, 2.45) is 11.3 Å². The lowest BCUT2D eigenvalue weighted by molar-refractivity contribution is -0.137. The van der Waals surface area contributed by atoms with Crippen molar-refractivity contribution in [1.82, 2.24) is 0 Å². The van der Waals surface area contributed by atoms with Gasteiger partial charge < -0.3 is 10.2 Å². The predicted octanol–water partition coefficient (Wildman–Crippen LogP) is 5.48. The quantitative estimate of drug-likeness (QED) is 0.646. The molecule has 2 aromatic carbocycles. The van der Waals surface area contributed by atoms with Gasteiger partial charge in [-0.15, -0.1) is 0 Å². The number of carbonyl (C=O) groups excluding carboxylic acids is 2. The number of benzene rings is 2. The largest absolute Gasteiger partial charge is 0.416 e. The Balaban J connectivity index is 1.96. The van der Waals surface area contributed by atoms with Crippen LogP contribution in [0.2, 0.25) is 0 Å². The molecule has 8 heteroatoms. The predicted molar refractivity (Wildman–Crippen MR) is 110 cm³/mol. The first kappa shape index (κ1) is 22.8. The fraction of sp³-hybridized carbons (Fsp3) is 0.391. The van der Waals surface area contributed by atoms with E-state index in [1.807, 2.05) is 32.0 Å². The van der Waals surface area contributed by atoms with Crippen LogP contribution in [0.5, 0.6) is 0 Å². The van der Waals surface area contributed by atoms with Crippen LogP contribution in [0.15, 0.2) is 36.4 Å². The lowest BCUT2D eigenvalue weighted by Crippen LogP contribution is -2.42. The normalized spacial score (nSPS) is 21.5. The van der Waals surface area contributed by atoms with E-state index < -0.39 is 34.8 Å². The second-order valence-corrected chi connectivity index (χ2v) is 8.08. The maximum atomic E-state index is 13.8. The summed E-state index contributed by atoms with van der Waals surface area (Å²) in [5.41, 5.74) is -0.166. The third kappa shape index (κ3) is 4.03. The minimum atomic E-state index is -4.75. The zero-order valence-corrected chi connectivity index (χ0v) is 17.7. The van der Waals surface area contributed by atoms with Gasteiger partial charge in [0, 0.05) is 17.9 Å². The number of hydrogen-bond acceptors (Lipinski definition) is 2. The summed E-state index contributed by atoms with van der Waals surface area (Å²) in [6.07, 6.45) is -4.46. The molecule has 0 radical (unpaired) electrons. The molecule has 1 aliphatic heterocycles. The molecule has 166 valence electrons. The standard InChI is InChI=1S/C23H24F4N2O2/c1-5-22(21(31)28-18-10-16(23(25,26)27)9-17(24)11-18)12-29(20(30)15(22)4)19-13(2)7-6-8-14(19)3/h6-11,15H,5,12H2,1-4H3,(H,28,31)/t15?,22-/m1/s1. The average Bonchev–Trinajstić information content (AvgIpc) is 2.93. The SMILES string of the molecule is CC[C@@]1(C(=O)Nc2cc(F)cc(C(F)(F)F)c2)CN(c2c(C)cccc2C)C(=O)C1C. The molecule has 0 aliphatic carbocycles. The zero-order valence-electron chi connectivity index (χ0n) is 17.7. The third-order valence-corrected chi connectivity index (χ3v) is 6.18. The van der Waals surface area contributed by atoms with E-state index in [0.29, 0.717) is 12.1 Å². The maximum absolute atomic E-state index is 13.8. The van der Waals surface area contributed by atoms with Gasteiger partial charge in [-0.2, -0.15) is 13.2 Å². The molecule has 0 saturated carbocycles. The number of para-hydroxylation sites is 1. The number of anilines is 2. The summed E-state index contributed by atoms with van der Waals surface area (Å²) in [5.74, 6) is -2.65. The molecule has 1 saturated heterocycles. The number of hydrogen-bond donors (Lipinski definition) is 1. The molecule has 0 aromatic heterocycles. The van der Waals surface area contributed by atoms with Crippen molar-refractivity contribution >= 4 is 23.2 Å². The van der Waals surface area contributed by atoms with E-state index in [1.165, 1.54) is 0 Å². The number of rotatable bonds is 4. The molecule has 3 rings (SSSR count). The minimum Gasteiger partial charge on any atom is -0.325 e. The van der Waals surface area contributed by atoms with Crippen molar-refractivity contribution < 1.29 is 27.2 Å². The lowest BCUT2D eigenvalue weighted by atomic mass is 9.75. The molecule has 0 spiro atoms. The third-order valence-electron chi connectivity index (χ3n) is 6.18. The summed E-state index contributed by atoms with van der Waals surface area (Å²) in [5, 5.41) is 2.42. The number of nitrogens with zero attached hydrogens (tertiary/aromatic N) is 1. The van der Waals surface area contributed by atoms with Gasteiger partial charge >= 0.3 is 6.18 Å². The number of nitrogens with one attached hydrogen (secondary N) is 1. The summed E-state index contributed by atoms with van der Waals surface area (Å²) in [6.45, 7) is 7.23. The Kier molecular flexibility index (Phi) is 5.86. The van der Waals surface area contributed by atoms with Crippen molar-refractivity contribution in [2.45, 2.75) is 40.3 Å². The van der Waals surface area contributed by atoms with Crippen molar-refractivity contribution in [3.8, 4) is 0 Å². The molecule has 31 heavy (non-hydrogen) atoms. The van der Waals surface area contributed by atoms with Gasteiger partial charge in [0.15, 0.2) is 0 Å². The Morgan fingerprint density at radius 1 is 1.19 bits per heavy atom. The number of alkyl halides is 3. The van der Waals surface area contributed by atoms with E-state index in [4.69, 9.17) is 0 Å². The molecule has 1 fully saturated rings. The first-order valence-corrected chi connectivity index (χ1v) is 9.97. The van der Waals surface area contributed by atoms with Crippen LogP contribution in [-0.4, -0.2) is 18.4 Å². The Bertz CT molecular complexity index is 1010. The second kappa shape index (κ2) is 7.98. The highest BCUT2D eigenvalue weighted by atomic mass is 19.4. The van der Waals surface area contributed by atoms with Crippen LogP contribution in [0.3, 0.4) is 0 Å². The highest BCUT2D eigenvalue weighted by molar-refractivity contribution is 6.07. The molecule has 1 unspecified atom stereocenters. The average molecular weight is 436 g/mol. The number of amides is 2. The van der Waals surface area contributed by atoms with Crippen molar-refractivity contribution in [2.75, 3.05) is 16.8 Å². The first-order valence-electron chi connectivity index (χ1n) is 9.97. The van der Waals surface area contributed by atoms with E-state index >= 15 is 0 Å². The lowest BCUT2D eigenvalue weighted by Gasteiger charge is -2.30. The molecule has 2 amide bonds. The van der Waals surface area contributed by atoms with Crippen LogP contribution in [0, 0.1) is 31.0 Å². The molecule has 1 heterocycles. The fourth-order valence-corrected chi connectivity index (χ4v) is 4.32. The Morgan fingerprint density at radius 2 is 1.81 bits per heavy atom. The van der Waals surface area contributed by atoms with Crippen LogP contribution in [0.25, 0.3) is 0 Å². The molecule has 0 bridgehead atoms. The van der Waals surface area contributed by atoms with E-state index in [-0.39, 0.29) is 24.6 Å². The van der Waals surface area contributed by atoms with Crippen LogP contribution >= 0.6 is 0 Å². The molecular weight excluding hydrogens is 412 g/mol. The summed E-state index contributed by atoms with van der Waals surface area (Å²) < 4.78 is 52.8. The fourth-order valence-electron chi connectivity index (χ4n) is 4.32.